The van der Waals surface area contributed by atoms with Crippen LogP contribution >= 0.6 is 0 Å². The van der Waals surface area contributed by atoms with Crippen molar-refractivity contribution in [3.63, 3.8) is 0 Å². The van der Waals surface area contributed by atoms with E-state index in [2.05, 4.69) is 6.07 Å². The number of hydrogen-bond acceptors (Lipinski definition) is 2. The highest BCUT2D eigenvalue weighted by molar-refractivity contribution is 5.81. The summed E-state index contributed by atoms with van der Waals surface area (Å²) in [5, 5.41) is 0. The lowest BCUT2D eigenvalue weighted by molar-refractivity contribution is -0.138. The molecule has 2 rings (SSSR count). The van der Waals surface area contributed by atoms with Crippen LogP contribution in [-0.2, 0) is 4.79 Å². The van der Waals surface area contributed by atoms with Crippen molar-refractivity contribution in [1.29, 1.82) is 0 Å². The van der Waals surface area contributed by atoms with Crippen LogP contribution in [0.4, 0.5) is 0 Å². The van der Waals surface area contributed by atoms with Crippen LogP contribution in [0.15, 0.2) is 18.2 Å². The first kappa shape index (κ1) is 13.9. The normalized spacial score (nSPS) is 17.1. The third kappa shape index (κ3) is 3.49. The van der Waals surface area contributed by atoms with E-state index in [4.69, 9.17) is 4.74 Å². The predicted molar refractivity (Wildman–Crippen MR) is 76.4 cm³/mol. The minimum atomic E-state index is -0.404. The zero-order chi connectivity index (χ0) is 13.8. The van der Waals surface area contributed by atoms with Gasteiger partial charge in [0.1, 0.15) is 5.75 Å². The Kier molecular flexibility index (Phi) is 4.46. The minimum absolute atomic E-state index is 0.112. The zero-order valence-corrected chi connectivity index (χ0v) is 12.1. The third-order valence-electron chi connectivity index (χ3n) is 3.66. The fraction of sp³-hybridized carbons (Fsp3) is 0.562. The Bertz CT molecular complexity index is 450. The van der Waals surface area contributed by atoms with Crippen LogP contribution in [0.1, 0.15) is 37.3 Å². The van der Waals surface area contributed by atoms with Crippen LogP contribution in [0.2, 0.25) is 0 Å². The molecule has 0 unspecified atom stereocenters. The molecule has 1 aromatic rings. The number of nitrogens with zero attached hydrogens (tertiary/aromatic N) is 1. The summed E-state index contributed by atoms with van der Waals surface area (Å²) < 4.78 is 5.85. The molecule has 0 spiro atoms. The first-order chi connectivity index (χ1) is 9.08. The number of benzene rings is 1. The van der Waals surface area contributed by atoms with E-state index in [1.165, 1.54) is 6.42 Å². The number of hydrogen-bond donors (Lipinski definition) is 0. The molecule has 3 nitrogen and oxygen atoms in total. The molecule has 0 N–H and O–H groups in total. The SMILES string of the molecule is Cc1ccc(C)c(O[C@@H](C)C(=O)N2CCCCC2)c1. The molecule has 1 aliphatic rings. The van der Waals surface area contributed by atoms with Gasteiger partial charge in [-0.1, -0.05) is 12.1 Å². The standard InChI is InChI=1S/C16H23NO2/c1-12-7-8-13(2)15(11-12)19-14(3)16(18)17-9-5-4-6-10-17/h7-8,11,14H,4-6,9-10H2,1-3H3/t14-/m0/s1. The molecule has 0 radical (unpaired) electrons. The molecule has 1 fully saturated rings. The second-order valence-electron chi connectivity index (χ2n) is 5.41. The van der Waals surface area contributed by atoms with Crippen molar-refractivity contribution >= 4 is 5.91 Å². The van der Waals surface area contributed by atoms with E-state index in [0.717, 1.165) is 42.8 Å². The van der Waals surface area contributed by atoms with Crippen LogP contribution in [0, 0.1) is 13.8 Å². The molecule has 1 heterocycles. The van der Waals surface area contributed by atoms with Crippen LogP contribution in [0.5, 0.6) is 5.75 Å². The van der Waals surface area contributed by atoms with E-state index in [1.807, 2.05) is 37.8 Å². The molecule has 104 valence electrons. The van der Waals surface area contributed by atoms with Gasteiger partial charge in [0.25, 0.3) is 5.91 Å². The summed E-state index contributed by atoms with van der Waals surface area (Å²) in [7, 11) is 0. The van der Waals surface area contributed by atoms with Crippen LogP contribution in [0.3, 0.4) is 0 Å². The van der Waals surface area contributed by atoms with E-state index >= 15 is 0 Å². The van der Waals surface area contributed by atoms with Gasteiger partial charge in [-0.3, -0.25) is 4.79 Å². The first-order valence-corrected chi connectivity index (χ1v) is 7.10. The second-order valence-corrected chi connectivity index (χ2v) is 5.41. The summed E-state index contributed by atoms with van der Waals surface area (Å²) in [5.41, 5.74) is 2.22. The fourth-order valence-electron chi connectivity index (χ4n) is 2.45. The third-order valence-corrected chi connectivity index (χ3v) is 3.66. The summed E-state index contributed by atoms with van der Waals surface area (Å²) >= 11 is 0. The quantitative estimate of drug-likeness (QED) is 0.837. The Hall–Kier alpha value is -1.51. The maximum atomic E-state index is 12.3. The number of carbonyl (C=O) groups is 1. The lowest BCUT2D eigenvalue weighted by atomic mass is 10.1. The second kappa shape index (κ2) is 6.09. The van der Waals surface area contributed by atoms with Gasteiger partial charge in [-0.05, 0) is 57.2 Å². The lowest BCUT2D eigenvalue weighted by Crippen LogP contribution is -2.43. The van der Waals surface area contributed by atoms with Crippen molar-refractivity contribution < 1.29 is 9.53 Å². The van der Waals surface area contributed by atoms with E-state index in [9.17, 15) is 4.79 Å². The van der Waals surface area contributed by atoms with Gasteiger partial charge in [0.05, 0.1) is 0 Å². The average molecular weight is 261 g/mol. The molecule has 0 bridgehead atoms. The first-order valence-electron chi connectivity index (χ1n) is 7.10. The van der Waals surface area contributed by atoms with Crippen LogP contribution < -0.4 is 4.74 Å². The molecule has 1 saturated heterocycles. The zero-order valence-electron chi connectivity index (χ0n) is 12.1. The Morgan fingerprint density at radius 2 is 1.89 bits per heavy atom. The minimum Gasteiger partial charge on any atom is -0.481 e. The largest absolute Gasteiger partial charge is 0.481 e. The van der Waals surface area contributed by atoms with E-state index in [-0.39, 0.29) is 5.91 Å². The molecular weight excluding hydrogens is 238 g/mol. The molecule has 1 aliphatic heterocycles. The smallest absolute Gasteiger partial charge is 0.263 e. The molecule has 0 saturated carbocycles. The van der Waals surface area contributed by atoms with E-state index in [0.29, 0.717) is 0 Å². The van der Waals surface area contributed by atoms with Gasteiger partial charge in [0.15, 0.2) is 6.10 Å². The van der Waals surface area contributed by atoms with Crippen molar-refractivity contribution in [2.24, 2.45) is 0 Å². The van der Waals surface area contributed by atoms with Gasteiger partial charge in [0.2, 0.25) is 0 Å². The van der Waals surface area contributed by atoms with Crippen molar-refractivity contribution in [2.45, 2.75) is 46.1 Å². The fourth-order valence-corrected chi connectivity index (χ4v) is 2.45. The summed E-state index contributed by atoms with van der Waals surface area (Å²) in [6.07, 6.45) is 3.05. The van der Waals surface area contributed by atoms with Crippen molar-refractivity contribution in [3.05, 3.63) is 29.3 Å². The van der Waals surface area contributed by atoms with E-state index < -0.39 is 6.10 Å². The number of ether oxygens (including phenoxy) is 1. The van der Waals surface area contributed by atoms with Crippen LogP contribution in [-0.4, -0.2) is 30.0 Å². The van der Waals surface area contributed by atoms with Crippen LogP contribution in [0.25, 0.3) is 0 Å². The van der Waals surface area contributed by atoms with E-state index in [1.54, 1.807) is 0 Å². The van der Waals surface area contributed by atoms with Gasteiger partial charge in [0, 0.05) is 13.1 Å². The maximum absolute atomic E-state index is 12.3. The molecule has 0 aliphatic carbocycles. The number of likely N-dealkylation sites (tertiary alicyclic amines) is 1. The Labute approximate surface area is 115 Å². The summed E-state index contributed by atoms with van der Waals surface area (Å²) in [6.45, 7) is 7.63. The van der Waals surface area contributed by atoms with Crippen molar-refractivity contribution in [2.75, 3.05) is 13.1 Å². The summed E-state index contributed by atoms with van der Waals surface area (Å²) in [5.74, 6) is 0.929. The highest BCUT2D eigenvalue weighted by Crippen LogP contribution is 2.21. The molecule has 3 heteroatoms. The van der Waals surface area contributed by atoms with Gasteiger partial charge in [-0.15, -0.1) is 0 Å². The molecule has 19 heavy (non-hydrogen) atoms. The number of piperidine rings is 1. The van der Waals surface area contributed by atoms with Crippen molar-refractivity contribution in [1.82, 2.24) is 4.90 Å². The Morgan fingerprint density at radius 1 is 1.21 bits per heavy atom. The van der Waals surface area contributed by atoms with Crippen molar-refractivity contribution in [3.8, 4) is 5.75 Å². The molecular formula is C16H23NO2. The highest BCUT2D eigenvalue weighted by atomic mass is 16.5. The number of amides is 1. The number of aryl methyl sites for hydroxylation is 2. The van der Waals surface area contributed by atoms with Gasteiger partial charge < -0.3 is 9.64 Å². The monoisotopic (exact) mass is 261 g/mol. The lowest BCUT2D eigenvalue weighted by Gasteiger charge is -2.29. The van der Waals surface area contributed by atoms with Gasteiger partial charge in [-0.2, -0.15) is 0 Å². The summed E-state index contributed by atoms with van der Waals surface area (Å²) in [6, 6.07) is 6.08. The molecule has 1 atom stereocenters. The van der Waals surface area contributed by atoms with Gasteiger partial charge >= 0.3 is 0 Å². The average Bonchev–Trinajstić information content (AvgIpc) is 2.43. The molecule has 0 aromatic heterocycles. The highest BCUT2D eigenvalue weighted by Gasteiger charge is 2.23. The Morgan fingerprint density at radius 3 is 2.58 bits per heavy atom. The maximum Gasteiger partial charge on any atom is 0.263 e. The molecule has 1 aromatic carbocycles. The number of rotatable bonds is 3. The van der Waals surface area contributed by atoms with Gasteiger partial charge in [-0.25, -0.2) is 0 Å². The number of carbonyl (C=O) groups excluding carboxylic acids is 1. The molecule has 1 amide bonds. The topological polar surface area (TPSA) is 29.5 Å². The summed E-state index contributed by atoms with van der Waals surface area (Å²) in [4.78, 5) is 14.2. The predicted octanol–water partition coefficient (Wildman–Crippen LogP) is 3.08. The Balaban J connectivity index is 2.01.